The highest BCUT2D eigenvalue weighted by molar-refractivity contribution is 7.21. The Kier molecular flexibility index (Phi) is 4.41. The number of halogens is 2. The molecule has 26 heavy (non-hydrogen) atoms. The minimum atomic E-state index is -0.351. The molecule has 0 spiro atoms. The molecule has 0 radical (unpaired) electrons. The SMILES string of the molecule is O=C(Nc1ccc(F)cc1)c1sc2ncccc2c1-c1ccc(Cl)cc1. The Morgan fingerprint density at radius 3 is 2.50 bits per heavy atom. The van der Waals surface area contributed by atoms with Crippen LogP contribution in [0.15, 0.2) is 66.9 Å². The zero-order chi connectivity index (χ0) is 18.1. The lowest BCUT2D eigenvalue weighted by Crippen LogP contribution is -2.11. The number of pyridine rings is 1. The first-order valence-electron chi connectivity index (χ1n) is 7.82. The lowest BCUT2D eigenvalue weighted by Gasteiger charge is -2.07. The molecule has 6 heteroatoms. The van der Waals surface area contributed by atoms with Crippen LogP contribution in [0.4, 0.5) is 10.1 Å². The molecule has 2 aromatic heterocycles. The highest BCUT2D eigenvalue weighted by Gasteiger charge is 2.20. The van der Waals surface area contributed by atoms with Crippen molar-refractivity contribution in [3.63, 3.8) is 0 Å². The number of benzene rings is 2. The summed E-state index contributed by atoms with van der Waals surface area (Å²) in [5.41, 5.74) is 2.23. The van der Waals surface area contributed by atoms with Crippen LogP contribution >= 0.6 is 22.9 Å². The number of carbonyl (C=O) groups excluding carboxylic acids is 1. The third kappa shape index (κ3) is 3.19. The summed E-state index contributed by atoms with van der Waals surface area (Å²) in [6.07, 6.45) is 1.70. The van der Waals surface area contributed by atoms with Gasteiger partial charge in [0.15, 0.2) is 0 Å². The quantitative estimate of drug-likeness (QED) is 0.471. The number of nitrogens with one attached hydrogen (secondary N) is 1. The second-order valence-corrected chi connectivity index (χ2v) is 7.07. The summed E-state index contributed by atoms with van der Waals surface area (Å²) in [4.78, 5) is 18.6. The zero-order valence-electron chi connectivity index (χ0n) is 13.4. The summed E-state index contributed by atoms with van der Waals surface area (Å²) in [6, 6.07) is 16.8. The number of anilines is 1. The van der Waals surface area contributed by atoms with Crippen molar-refractivity contribution in [2.45, 2.75) is 0 Å². The summed E-state index contributed by atoms with van der Waals surface area (Å²) in [5, 5.41) is 4.35. The van der Waals surface area contributed by atoms with Gasteiger partial charge in [0.25, 0.3) is 5.91 Å². The maximum Gasteiger partial charge on any atom is 0.266 e. The number of amides is 1. The maximum atomic E-state index is 13.1. The fraction of sp³-hybridized carbons (Fsp3) is 0. The van der Waals surface area contributed by atoms with Crippen LogP contribution in [0.3, 0.4) is 0 Å². The van der Waals surface area contributed by atoms with E-state index >= 15 is 0 Å². The molecule has 128 valence electrons. The van der Waals surface area contributed by atoms with Gasteiger partial charge in [0, 0.05) is 27.9 Å². The Labute approximate surface area is 158 Å². The van der Waals surface area contributed by atoms with Gasteiger partial charge in [-0.15, -0.1) is 11.3 Å². The van der Waals surface area contributed by atoms with Crippen molar-refractivity contribution in [2.75, 3.05) is 5.32 Å². The van der Waals surface area contributed by atoms with Gasteiger partial charge in [-0.3, -0.25) is 4.79 Å². The van der Waals surface area contributed by atoms with Crippen LogP contribution < -0.4 is 5.32 Å². The van der Waals surface area contributed by atoms with Crippen molar-refractivity contribution in [1.29, 1.82) is 0 Å². The number of rotatable bonds is 3. The molecule has 0 saturated heterocycles. The summed E-state index contributed by atoms with van der Waals surface area (Å²) in [5.74, 6) is -0.611. The van der Waals surface area contributed by atoms with Gasteiger partial charge in [0.1, 0.15) is 15.5 Å². The smallest absolute Gasteiger partial charge is 0.266 e. The zero-order valence-corrected chi connectivity index (χ0v) is 14.9. The molecule has 3 nitrogen and oxygen atoms in total. The fourth-order valence-electron chi connectivity index (χ4n) is 2.72. The Morgan fingerprint density at radius 2 is 1.77 bits per heavy atom. The van der Waals surface area contributed by atoms with E-state index in [0.717, 1.165) is 21.3 Å². The molecule has 0 unspecified atom stereocenters. The van der Waals surface area contributed by atoms with E-state index in [4.69, 9.17) is 11.6 Å². The van der Waals surface area contributed by atoms with Gasteiger partial charge in [-0.2, -0.15) is 0 Å². The summed E-state index contributed by atoms with van der Waals surface area (Å²) < 4.78 is 13.1. The normalized spacial score (nSPS) is 10.8. The first-order valence-corrected chi connectivity index (χ1v) is 9.01. The van der Waals surface area contributed by atoms with Gasteiger partial charge < -0.3 is 5.32 Å². The van der Waals surface area contributed by atoms with E-state index < -0.39 is 0 Å². The summed E-state index contributed by atoms with van der Waals surface area (Å²) in [7, 11) is 0. The van der Waals surface area contributed by atoms with Crippen molar-refractivity contribution in [3.8, 4) is 11.1 Å². The van der Waals surface area contributed by atoms with Crippen molar-refractivity contribution in [2.24, 2.45) is 0 Å². The van der Waals surface area contributed by atoms with Gasteiger partial charge >= 0.3 is 0 Å². The molecule has 0 aliphatic carbocycles. The molecule has 4 rings (SSSR count). The molecule has 4 aromatic rings. The molecular formula is C20H12ClFN2OS. The first-order chi connectivity index (χ1) is 12.6. The number of thiophene rings is 1. The summed E-state index contributed by atoms with van der Waals surface area (Å²) in [6.45, 7) is 0. The second-order valence-electron chi connectivity index (χ2n) is 5.63. The minimum absolute atomic E-state index is 0.260. The average molecular weight is 383 g/mol. The molecule has 2 heterocycles. The minimum Gasteiger partial charge on any atom is -0.321 e. The molecular weight excluding hydrogens is 371 g/mol. The van der Waals surface area contributed by atoms with E-state index in [1.54, 1.807) is 18.3 Å². The Morgan fingerprint density at radius 1 is 1.04 bits per heavy atom. The van der Waals surface area contributed by atoms with Gasteiger partial charge in [-0.25, -0.2) is 9.37 Å². The predicted octanol–water partition coefficient (Wildman–Crippen LogP) is 6.01. The molecule has 1 amide bonds. The van der Waals surface area contributed by atoms with Crippen LogP contribution in [0.1, 0.15) is 9.67 Å². The van der Waals surface area contributed by atoms with E-state index in [-0.39, 0.29) is 11.7 Å². The standard InChI is InChI=1S/C20H12ClFN2OS/c21-13-5-3-12(4-6-13)17-16-2-1-11-23-20(16)26-18(17)19(25)24-15-9-7-14(22)8-10-15/h1-11H,(H,24,25). The molecule has 0 aliphatic rings. The van der Waals surface area contributed by atoms with Crippen molar-refractivity contribution in [3.05, 3.63) is 82.6 Å². The number of hydrogen-bond acceptors (Lipinski definition) is 3. The number of nitrogens with zero attached hydrogens (tertiary/aromatic N) is 1. The Hall–Kier alpha value is -2.76. The highest BCUT2D eigenvalue weighted by atomic mass is 35.5. The van der Waals surface area contributed by atoms with E-state index in [1.807, 2.05) is 24.3 Å². The maximum absolute atomic E-state index is 13.1. The van der Waals surface area contributed by atoms with Gasteiger partial charge in [0.2, 0.25) is 0 Å². The van der Waals surface area contributed by atoms with E-state index in [9.17, 15) is 9.18 Å². The van der Waals surface area contributed by atoms with Crippen LogP contribution in [-0.4, -0.2) is 10.9 Å². The van der Waals surface area contributed by atoms with Gasteiger partial charge in [-0.1, -0.05) is 23.7 Å². The Balaban J connectivity index is 1.81. The number of carbonyl (C=O) groups is 1. The number of aromatic nitrogens is 1. The molecule has 0 atom stereocenters. The van der Waals surface area contributed by atoms with Crippen molar-refractivity contribution < 1.29 is 9.18 Å². The van der Waals surface area contributed by atoms with Crippen LogP contribution in [0.5, 0.6) is 0 Å². The third-order valence-electron chi connectivity index (χ3n) is 3.91. The van der Waals surface area contributed by atoms with E-state index in [1.165, 1.54) is 35.6 Å². The molecule has 0 aliphatic heterocycles. The van der Waals surface area contributed by atoms with Crippen LogP contribution in [0.25, 0.3) is 21.3 Å². The molecule has 0 saturated carbocycles. The van der Waals surface area contributed by atoms with Crippen molar-refractivity contribution in [1.82, 2.24) is 4.98 Å². The van der Waals surface area contributed by atoms with Crippen LogP contribution in [-0.2, 0) is 0 Å². The lowest BCUT2D eigenvalue weighted by atomic mass is 10.0. The average Bonchev–Trinajstić information content (AvgIpc) is 3.04. The second kappa shape index (κ2) is 6.86. The highest BCUT2D eigenvalue weighted by Crippen LogP contribution is 2.38. The lowest BCUT2D eigenvalue weighted by molar-refractivity contribution is 0.103. The predicted molar refractivity (Wildman–Crippen MR) is 104 cm³/mol. The topological polar surface area (TPSA) is 42.0 Å². The van der Waals surface area contributed by atoms with Crippen LogP contribution in [0, 0.1) is 5.82 Å². The fourth-order valence-corrected chi connectivity index (χ4v) is 3.90. The molecule has 1 N–H and O–H groups in total. The van der Waals surface area contributed by atoms with E-state index in [0.29, 0.717) is 15.6 Å². The first kappa shape index (κ1) is 16.7. The monoisotopic (exact) mass is 382 g/mol. The molecule has 0 bridgehead atoms. The summed E-state index contributed by atoms with van der Waals surface area (Å²) >= 11 is 7.32. The van der Waals surface area contributed by atoms with Gasteiger partial charge in [-0.05, 0) is 54.1 Å². The molecule has 0 fully saturated rings. The Bertz CT molecular complexity index is 1090. The largest absolute Gasteiger partial charge is 0.321 e. The number of hydrogen-bond donors (Lipinski definition) is 1. The van der Waals surface area contributed by atoms with Crippen LogP contribution in [0.2, 0.25) is 5.02 Å². The molecule has 2 aromatic carbocycles. The third-order valence-corrected chi connectivity index (χ3v) is 5.27. The number of fused-ring (bicyclic) bond motifs is 1. The van der Waals surface area contributed by atoms with Gasteiger partial charge in [0.05, 0.1) is 0 Å². The van der Waals surface area contributed by atoms with Crippen molar-refractivity contribution >= 4 is 44.7 Å². The van der Waals surface area contributed by atoms with E-state index in [2.05, 4.69) is 10.3 Å².